The Morgan fingerprint density at radius 3 is 2.78 bits per heavy atom. The highest BCUT2D eigenvalue weighted by Crippen LogP contribution is 2.21. The highest BCUT2D eigenvalue weighted by atomic mass is 32.2. The first kappa shape index (κ1) is 14.4. The number of hydrogen-bond donors (Lipinski definition) is 2. The Kier molecular flexibility index (Phi) is 5.05. The minimum Gasteiger partial charge on any atom is -0.480 e. The molecule has 0 amide bonds. The molecule has 18 heavy (non-hydrogen) atoms. The van der Waals surface area contributed by atoms with E-state index in [2.05, 4.69) is 0 Å². The Bertz CT molecular complexity index is 469. The first-order valence-corrected chi connectivity index (χ1v) is 6.06. The monoisotopic (exact) mass is 274 g/mol. The molecular weight excluding hydrogens is 263 g/mol. The average Bonchev–Trinajstić information content (AvgIpc) is 2.28. The molecule has 98 valence electrons. The van der Waals surface area contributed by atoms with E-state index in [4.69, 9.17) is 10.8 Å². The van der Waals surface area contributed by atoms with Crippen LogP contribution in [0.15, 0.2) is 18.2 Å². The van der Waals surface area contributed by atoms with Gasteiger partial charge in [-0.15, -0.1) is 0 Å². The maximum Gasteiger partial charge on any atom is 0.321 e. The van der Waals surface area contributed by atoms with E-state index in [1.807, 2.05) is 0 Å². The Balaban J connectivity index is 2.56. The highest BCUT2D eigenvalue weighted by Gasteiger charge is 2.14. The van der Waals surface area contributed by atoms with Gasteiger partial charge in [-0.05, 0) is 11.6 Å². The van der Waals surface area contributed by atoms with Crippen molar-refractivity contribution < 1.29 is 19.2 Å². The van der Waals surface area contributed by atoms with Gasteiger partial charge in [0.2, 0.25) is 5.82 Å². The van der Waals surface area contributed by atoms with Crippen LogP contribution in [-0.2, 0) is 10.5 Å². The molecule has 0 fully saturated rings. The number of benzene rings is 1. The number of carbonyl (C=O) groups is 1. The van der Waals surface area contributed by atoms with Crippen molar-refractivity contribution in [2.45, 2.75) is 11.8 Å². The van der Waals surface area contributed by atoms with Crippen molar-refractivity contribution in [2.75, 3.05) is 5.75 Å². The number of carboxylic acids is 1. The fourth-order valence-corrected chi connectivity index (χ4v) is 2.09. The molecule has 0 saturated heterocycles. The molecule has 1 rings (SSSR count). The number of aliphatic carboxylic acids is 1. The standard InChI is InChI=1S/C10H11FN2O4S/c11-7-3-6(1-2-9(7)13(16)17)4-18-5-8(12)10(14)15/h1-3,8H,4-5,12H2,(H,14,15)/t8-/m0/s1. The molecule has 0 unspecified atom stereocenters. The molecule has 0 aromatic heterocycles. The number of halogens is 1. The van der Waals surface area contributed by atoms with Crippen molar-refractivity contribution in [2.24, 2.45) is 5.73 Å². The summed E-state index contributed by atoms with van der Waals surface area (Å²) in [4.78, 5) is 20.0. The second-order valence-corrected chi connectivity index (χ2v) is 4.53. The lowest BCUT2D eigenvalue weighted by molar-refractivity contribution is -0.387. The van der Waals surface area contributed by atoms with Crippen molar-refractivity contribution in [3.63, 3.8) is 0 Å². The lowest BCUT2D eigenvalue weighted by Gasteiger charge is -2.06. The third-order valence-electron chi connectivity index (χ3n) is 2.09. The molecule has 0 radical (unpaired) electrons. The van der Waals surface area contributed by atoms with Crippen LogP contribution >= 0.6 is 11.8 Å². The van der Waals surface area contributed by atoms with Gasteiger partial charge in [0.15, 0.2) is 0 Å². The van der Waals surface area contributed by atoms with Gasteiger partial charge in [-0.1, -0.05) is 6.07 Å². The van der Waals surface area contributed by atoms with Crippen LogP contribution in [0.4, 0.5) is 10.1 Å². The fraction of sp³-hybridized carbons (Fsp3) is 0.300. The van der Waals surface area contributed by atoms with E-state index in [0.29, 0.717) is 11.3 Å². The van der Waals surface area contributed by atoms with Gasteiger partial charge in [-0.25, -0.2) is 0 Å². The van der Waals surface area contributed by atoms with E-state index >= 15 is 0 Å². The third-order valence-corrected chi connectivity index (χ3v) is 3.22. The Hall–Kier alpha value is -1.67. The maximum atomic E-state index is 13.2. The predicted octanol–water partition coefficient (Wildman–Crippen LogP) is 1.38. The zero-order valence-electron chi connectivity index (χ0n) is 9.21. The molecule has 6 nitrogen and oxygen atoms in total. The number of rotatable bonds is 6. The number of nitrogens with zero attached hydrogens (tertiary/aromatic N) is 1. The minimum atomic E-state index is -1.10. The van der Waals surface area contributed by atoms with Crippen LogP contribution < -0.4 is 5.73 Å². The molecule has 0 aliphatic carbocycles. The molecule has 0 bridgehead atoms. The first-order chi connectivity index (χ1) is 8.41. The van der Waals surface area contributed by atoms with Crippen LogP contribution in [0.3, 0.4) is 0 Å². The average molecular weight is 274 g/mol. The second kappa shape index (κ2) is 6.31. The van der Waals surface area contributed by atoms with Crippen LogP contribution in [0.25, 0.3) is 0 Å². The summed E-state index contributed by atoms with van der Waals surface area (Å²) in [7, 11) is 0. The van der Waals surface area contributed by atoms with Crippen molar-refractivity contribution in [1.82, 2.24) is 0 Å². The lowest BCUT2D eigenvalue weighted by Crippen LogP contribution is -2.32. The Labute approximate surface area is 106 Å². The van der Waals surface area contributed by atoms with Gasteiger partial charge in [0, 0.05) is 17.6 Å². The molecule has 0 aliphatic heterocycles. The quantitative estimate of drug-likeness (QED) is 0.599. The molecule has 1 aromatic rings. The summed E-state index contributed by atoms with van der Waals surface area (Å²) in [6.45, 7) is 0. The zero-order valence-corrected chi connectivity index (χ0v) is 10.0. The Morgan fingerprint density at radius 2 is 2.28 bits per heavy atom. The molecule has 0 spiro atoms. The van der Waals surface area contributed by atoms with Gasteiger partial charge >= 0.3 is 11.7 Å². The number of thioether (sulfide) groups is 1. The maximum absolute atomic E-state index is 13.2. The largest absolute Gasteiger partial charge is 0.480 e. The highest BCUT2D eigenvalue weighted by molar-refractivity contribution is 7.98. The number of carboxylic acid groups (broad SMARTS) is 1. The number of nitrogens with two attached hydrogens (primary N) is 1. The molecule has 0 heterocycles. The normalized spacial score (nSPS) is 12.1. The predicted molar refractivity (Wildman–Crippen MR) is 64.8 cm³/mol. The van der Waals surface area contributed by atoms with Gasteiger partial charge in [0.25, 0.3) is 0 Å². The van der Waals surface area contributed by atoms with Crippen molar-refractivity contribution in [1.29, 1.82) is 0 Å². The molecule has 1 atom stereocenters. The summed E-state index contributed by atoms with van der Waals surface area (Å²) >= 11 is 1.22. The van der Waals surface area contributed by atoms with Crippen LogP contribution in [0.2, 0.25) is 0 Å². The van der Waals surface area contributed by atoms with E-state index in [0.717, 1.165) is 12.1 Å². The van der Waals surface area contributed by atoms with Gasteiger partial charge in [0.1, 0.15) is 6.04 Å². The smallest absolute Gasteiger partial charge is 0.321 e. The first-order valence-electron chi connectivity index (χ1n) is 4.90. The molecule has 3 N–H and O–H groups in total. The molecule has 8 heteroatoms. The number of hydrogen-bond acceptors (Lipinski definition) is 5. The van der Waals surface area contributed by atoms with Crippen molar-refractivity contribution in [3.8, 4) is 0 Å². The number of nitro groups is 1. The van der Waals surface area contributed by atoms with E-state index in [9.17, 15) is 19.3 Å². The second-order valence-electron chi connectivity index (χ2n) is 3.50. The van der Waals surface area contributed by atoms with Gasteiger partial charge in [-0.3, -0.25) is 14.9 Å². The van der Waals surface area contributed by atoms with Crippen LogP contribution in [0.5, 0.6) is 0 Å². The fourth-order valence-electron chi connectivity index (χ4n) is 1.16. The molecule has 1 aromatic carbocycles. The summed E-state index contributed by atoms with van der Waals surface area (Å²) in [5.74, 6) is -1.47. The summed E-state index contributed by atoms with van der Waals surface area (Å²) in [6.07, 6.45) is 0. The van der Waals surface area contributed by atoms with E-state index in [-0.39, 0.29) is 5.75 Å². The zero-order chi connectivity index (χ0) is 13.7. The topological polar surface area (TPSA) is 106 Å². The lowest BCUT2D eigenvalue weighted by atomic mass is 10.2. The molecule has 0 saturated carbocycles. The SMILES string of the molecule is N[C@@H](CSCc1ccc([N+](=O)[O-])c(F)c1)C(=O)O. The molecular formula is C10H11FN2O4S. The minimum absolute atomic E-state index is 0.188. The number of nitro benzene ring substituents is 1. The van der Waals surface area contributed by atoms with E-state index in [1.165, 1.54) is 17.8 Å². The van der Waals surface area contributed by atoms with Crippen molar-refractivity contribution >= 4 is 23.4 Å². The van der Waals surface area contributed by atoms with Crippen molar-refractivity contribution in [3.05, 3.63) is 39.7 Å². The summed E-state index contributed by atoms with van der Waals surface area (Å²) in [5.41, 5.74) is 5.26. The van der Waals surface area contributed by atoms with E-state index < -0.39 is 28.4 Å². The van der Waals surface area contributed by atoms with Crippen LogP contribution in [0, 0.1) is 15.9 Å². The van der Waals surface area contributed by atoms with Gasteiger partial charge < -0.3 is 10.8 Å². The molecule has 0 aliphatic rings. The Morgan fingerprint density at radius 1 is 1.61 bits per heavy atom. The summed E-state index contributed by atoms with van der Waals surface area (Å²) in [5, 5.41) is 18.9. The van der Waals surface area contributed by atoms with Gasteiger partial charge in [-0.2, -0.15) is 16.2 Å². The third kappa shape index (κ3) is 3.97. The van der Waals surface area contributed by atoms with Crippen LogP contribution in [-0.4, -0.2) is 27.8 Å². The summed E-state index contributed by atoms with van der Waals surface area (Å²) < 4.78 is 13.2. The van der Waals surface area contributed by atoms with Crippen LogP contribution in [0.1, 0.15) is 5.56 Å². The summed E-state index contributed by atoms with van der Waals surface area (Å²) in [6, 6.07) is 2.61. The van der Waals surface area contributed by atoms with E-state index in [1.54, 1.807) is 0 Å². The van der Waals surface area contributed by atoms with Gasteiger partial charge in [0.05, 0.1) is 4.92 Å².